The zero-order valence-electron chi connectivity index (χ0n) is 15.1. The van der Waals surface area contributed by atoms with E-state index in [4.69, 9.17) is 0 Å². The minimum Gasteiger partial charge on any atom is -0.268 e. The highest BCUT2D eigenvalue weighted by Gasteiger charge is 2.39. The Balaban J connectivity index is 2.27. The maximum absolute atomic E-state index is 13.3. The van der Waals surface area contributed by atoms with E-state index in [2.05, 4.69) is 6.92 Å². The van der Waals surface area contributed by atoms with Crippen molar-refractivity contribution in [2.24, 2.45) is 0 Å². The van der Waals surface area contributed by atoms with Gasteiger partial charge >= 0.3 is 0 Å². The van der Waals surface area contributed by atoms with Crippen LogP contribution in [-0.4, -0.2) is 18.6 Å². The Morgan fingerprint density at radius 3 is 2.15 bits per heavy atom. The molecule has 0 radical (unpaired) electrons. The van der Waals surface area contributed by atoms with Crippen molar-refractivity contribution in [1.82, 2.24) is 4.31 Å². The van der Waals surface area contributed by atoms with E-state index in [1.54, 1.807) is 36.4 Å². The third kappa shape index (κ3) is 3.07. The van der Waals surface area contributed by atoms with Crippen molar-refractivity contribution in [3.05, 3.63) is 71.4 Å². The minimum absolute atomic E-state index is 0.215. The molecule has 0 saturated heterocycles. The number of hydrogen-bond donors (Lipinski definition) is 0. The molecule has 136 valence electrons. The van der Waals surface area contributed by atoms with E-state index in [0.717, 1.165) is 34.7 Å². The van der Waals surface area contributed by atoms with Gasteiger partial charge in [-0.2, -0.15) is 0 Å². The van der Waals surface area contributed by atoms with Crippen molar-refractivity contribution in [3.8, 4) is 0 Å². The maximum Gasteiger partial charge on any atom is 0.272 e. The molecule has 1 aliphatic rings. The molecule has 0 N–H and O–H groups in total. The summed E-state index contributed by atoms with van der Waals surface area (Å²) in [6.45, 7) is 4.06. The van der Waals surface area contributed by atoms with Crippen molar-refractivity contribution >= 4 is 21.5 Å². The van der Waals surface area contributed by atoms with E-state index in [-0.39, 0.29) is 4.90 Å². The van der Waals surface area contributed by atoms with Crippen LogP contribution >= 0.6 is 0 Å². The number of carbonyl (C=O) groups is 1. The van der Waals surface area contributed by atoms with E-state index >= 15 is 0 Å². The molecule has 4 nitrogen and oxygen atoms in total. The van der Waals surface area contributed by atoms with Crippen molar-refractivity contribution in [3.63, 3.8) is 0 Å². The highest BCUT2D eigenvalue weighted by atomic mass is 32.2. The lowest BCUT2D eigenvalue weighted by molar-refractivity contribution is 0.0885. The molecule has 0 unspecified atom stereocenters. The monoisotopic (exact) mass is 369 g/mol. The quantitative estimate of drug-likeness (QED) is 0.757. The standard InChI is InChI=1S/C21H23NO3S/c1-3-10-17-18-14-8-9-15-20(18)26(24,25)22(19(17)11-4-2)21(23)16-12-6-5-7-13-16/h5-9,12-15H,3-4,10-11H2,1-2H3. The molecule has 0 aliphatic carbocycles. The Morgan fingerprint density at radius 2 is 1.50 bits per heavy atom. The molecular weight excluding hydrogens is 346 g/mol. The van der Waals surface area contributed by atoms with Crippen LogP contribution < -0.4 is 0 Å². The molecule has 2 aromatic carbocycles. The number of hydrogen-bond acceptors (Lipinski definition) is 3. The summed E-state index contributed by atoms with van der Waals surface area (Å²) in [6, 6.07) is 15.6. The number of fused-ring (bicyclic) bond motifs is 1. The first-order valence-electron chi connectivity index (χ1n) is 8.98. The van der Waals surface area contributed by atoms with Crippen LogP contribution in [0.2, 0.25) is 0 Å². The van der Waals surface area contributed by atoms with Crippen LogP contribution in [0.5, 0.6) is 0 Å². The molecule has 1 aliphatic heterocycles. The molecule has 2 aromatic rings. The van der Waals surface area contributed by atoms with Gasteiger partial charge in [0.1, 0.15) is 0 Å². The number of rotatable bonds is 5. The summed E-state index contributed by atoms with van der Waals surface area (Å²) in [5, 5.41) is 0. The highest BCUT2D eigenvalue weighted by molar-refractivity contribution is 7.90. The van der Waals surface area contributed by atoms with Gasteiger partial charge in [0.25, 0.3) is 15.9 Å². The van der Waals surface area contributed by atoms with Crippen LogP contribution in [0.4, 0.5) is 0 Å². The third-order valence-corrected chi connectivity index (χ3v) is 6.29. The third-order valence-electron chi connectivity index (χ3n) is 4.52. The number of allylic oxidation sites excluding steroid dienone is 2. The number of benzene rings is 2. The molecule has 1 amide bonds. The first-order valence-corrected chi connectivity index (χ1v) is 10.4. The molecule has 5 heteroatoms. The molecule has 0 spiro atoms. The molecule has 3 rings (SSSR count). The van der Waals surface area contributed by atoms with Gasteiger partial charge in [-0.05, 0) is 42.2 Å². The molecule has 0 saturated carbocycles. The van der Waals surface area contributed by atoms with Gasteiger partial charge in [-0.1, -0.05) is 63.1 Å². The second-order valence-electron chi connectivity index (χ2n) is 6.36. The fourth-order valence-electron chi connectivity index (χ4n) is 3.41. The SMILES string of the molecule is CCCC1=C(CCC)N(C(=O)c2ccccc2)S(=O)(=O)c2ccccc21. The summed E-state index contributed by atoms with van der Waals surface area (Å²) >= 11 is 0. The van der Waals surface area contributed by atoms with E-state index < -0.39 is 15.9 Å². The lowest BCUT2D eigenvalue weighted by Gasteiger charge is -2.33. The van der Waals surface area contributed by atoms with Crippen molar-refractivity contribution in [2.45, 2.75) is 44.4 Å². The van der Waals surface area contributed by atoms with Gasteiger partial charge in [-0.15, -0.1) is 0 Å². The topological polar surface area (TPSA) is 54.5 Å². The molecule has 0 atom stereocenters. The fourth-order valence-corrected chi connectivity index (χ4v) is 5.14. The first-order chi connectivity index (χ1) is 12.5. The van der Waals surface area contributed by atoms with Crippen LogP contribution in [0.1, 0.15) is 55.5 Å². The normalized spacial score (nSPS) is 15.7. The summed E-state index contributed by atoms with van der Waals surface area (Å²) in [6.07, 6.45) is 2.92. The molecule has 0 aromatic heterocycles. The average Bonchev–Trinajstić information content (AvgIpc) is 2.65. The van der Waals surface area contributed by atoms with Crippen LogP contribution in [-0.2, 0) is 10.0 Å². The van der Waals surface area contributed by atoms with Gasteiger partial charge in [-0.25, -0.2) is 12.7 Å². The molecule has 26 heavy (non-hydrogen) atoms. The van der Waals surface area contributed by atoms with E-state index in [1.807, 2.05) is 25.1 Å². The number of nitrogens with zero attached hydrogens (tertiary/aromatic N) is 1. The minimum atomic E-state index is -3.93. The summed E-state index contributed by atoms with van der Waals surface area (Å²) in [7, 11) is -3.93. The van der Waals surface area contributed by atoms with Gasteiger partial charge < -0.3 is 0 Å². The largest absolute Gasteiger partial charge is 0.272 e. The van der Waals surface area contributed by atoms with Crippen molar-refractivity contribution in [2.75, 3.05) is 0 Å². The zero-order valence-corrected chi connectivity index (χ0v) is 15.9. The second-order valence-corrected chi connectivity index (χ2v) is 8.12. The van der Waals surface area contributed by atoms with E-state index in [1.165, 1.54) is 0 Å². The summed E-state index contributed by atoms with van der Waals surface area (Å²) < 4.78 is 27.7. The van der Waals surface area contributed by atoms with Crippen LogP contribution in [0.15, 0.2) is 65.2 Å². The summed E-state index contributed by atoms with van der Waals surface area (Å²) in [4.78, 5) is 13.4. The number of carbonyl (C=O) groups excluding carboxylic acids is 1. The molecule has 1 heterocycles. The Kier molecular flexibility index (Phi) is 5.28. The average molecular weight is 369 g/mol. The smallest absolute Gasteiger partial charge is 0.268 e. The van der Waals surface area contributed by atoms with Gasteiger partial charge in [0.15, 0.2) is 0 Å². The second kappa shape index (κ2) is 7.46. The lowest BCUT2D eigenvalue weighted by atomic mass is 9.96. The fraction of sp³-hybridized carbons (Fsp3) is 0.286. The predicted molar refractivity (Wildman–Crippen MR) is 103 cm³/mol. The predicted octanol–water partition coefficient (Wildman–Crippen LogP) is 4.84. The van der Waals surface area contributed by atoms with Crippen LogP contribution in [0.25, 0.3) is 5.57 Å². The highest BCUT2D eigenvalue weighted by Crippen LogP contribution is 2.41. The molecule has 0 fully saturated rings. The number of amides is 1. The van der Waals surface area contributed by atoms with E-state index in [0.29, 0.717) is 17.7 Å². The summed E-state index contributed by atoms with van der Waals surface area (Å²) in [5.74, 6) is -0.489. The van der Waals surface area contributed by atoms with Crippen LogP contribution in [0, 0.1) is 0 Å². The Bertz CT molecular complexity index is 946. The van der Waals surface area contributed by atoms with Crippen molar-refractivity contribution in [1.29, 1.82) is 0 Å². The number of sulfonamides is 1. The van der Waals surface area contributed by atoms with Gasteiger partial charge in [0, 0.05) is 11.3 Å². The Morgan fingerprint density at radius 1 is 0.885 bits per heavy atom. The van der Waals surface area contributed by atoms with Gasteiger partial charge in [0.05, 0.1) is 4.90 Å². The van der Waals surface area contributed by atoms with Crippen molar-refractivity contribution < 1.29 is 13.2 Å². The first kappa shape index (κ1) is 18.4. The van der Waals surface area contributed by atoms with E-state index in [9.17, 15) is 13.2 Å². The maximum atomic E-state index is 13.3. The Labute approximate surface area is 155 Å². The van der Waals surface area contributed by atoms with Gasteiger partial charge in [0.2, 0.25) is 0 Å². The molecule has 0 bridgehead atoms. The molecular formula is C21H23NO3S. The summed E-state index contributed by atoms with van der Waals surface area (Å²) in [5.41, 5.74) is 2.68. The van der Waals surface area contributed by atoms with Crippen LogP contribution in [0.3, 0.4) is 0 Å². The zero-order chi connectivity index (χ0) is 18.7. The Hall–Kier alpha value is -2.40. The lowest BCUT2D eigenvalue weighted by Crippen LogP contribution is -2.39. The van der Waals surface area contributed by atoms with Gasteiger partial charge in [-0.3, -0.25) is 4.79 Å².